The van der Waals surface area contributed by atoms with Crippen molar-refractivity contribution >= 4 is 21.7 Å². The zero-order valence-electron chi connectivity index (χ0n) is 9.01. The van der Waals surface area contributed by atoms with Crippen molar-refractivity contribution in [2.45, 2.75) is 11.8 Å². The molecule has 4 N–H and O–H groups in total. The maximum atomic E-state index is 11.9. The highest BCUT2D eigenvalue weighted by Gasteiger charge is 2.15. The van der Waals surface area contributed by atoms with Crippen molar-refractivity contribution in [3.8, 4) is 0 Å². The number of nitrogens with two attached hydrogens (primary N) is 1. The summed E-state index contributed by atoms with van der Waals surface area (Å²) in [6.07, 6.45) is 1.19. The first-order valence-corrected chi connectivity index (χ1v) is 6.22. The average Bonchev–Trinajstić information content (AvgIpc) is 2.63. The van der Waals surface area contributed by atoms with Crippen molar-refractivity contribution in [3.05, 3.63) is 30.1 Å². The van der Waals surface area contributed by atoms with Gasteiger partial charge in [0, 0.05) is 18.0 Å². The second kappa shape index (κ2) is 4.06. The van der Waals surface area contributed by atoms with E-state index >= 15 is 0 Å². The monoisotopic (exact) mass is 253 g/mol. The lowest BCUT2D eigenvalue weighted by molar-refractivity contribution is 0.600. The summed E-state index contributed by atoms with van der Waals surface area (Å²) in [5, 5.41) is 6.42. The summed E-state index contributed by atoms with van der Waals surface area (Å²) < 4.78 is 26.1. The number of aromatic amines is 1. The normalized spacial score (nSPS) is 11.4. The zero-order valence-corrected chi connectivity index (χ0v) is 9.82. The van der Waals surface area contributed by atoms with Gasteiger partial charge in [0.15, 0.2) is 5.82 Å². The second-order valence-corrected chi connectivity index (χ2v) is 5.14. The van der Waals surface area contributed by atoms with Crippen LogP contribution in [0.3, 0.4) is 0 Å². The zero-order chi connectivity index (χ0) is 12.5. The van der Waals surface area contributed by atoms with E-state index in [-0.39, 0.29) is 16.5 Å². The van der Waals surface area contributed by atoms with Crippen LogP contribution in [0.1, 0.15) is 5.69 Å². The van der Waals surface area contributed by atoms with E-state index in [0.29, 0.717) is 0 Å². The third-order valence-corrected chi connectivity index (χ3v) is 3.35. The number of hydrogen-bond donors (Lipinski definition) is 3. The highest BCUT2D eigenvalue weighted by atomic mass is 32.2. The number of H-pyrrole nitrogens is 1. The van der Waals surface area contributed by atoms with Gasteiger partial charge in [-0.15, -0.1) is 0 Å². The first kappa shape index (κ1) is 11.4. The van der Waals surface area contributed by atoms with Crippen LogP contribution in [0.15, 0.2) is 29.3 Å². The minimum atomic E-state index is -3.67. The van der Waals surface area contributed by atoms with Crippen LogP contribution in [0.25, 0.3) is 0 Å². The molecule has 0 saturated carbocycles. The molecule has 0 unspecified atom stereocenters. The van der Waals surface area contributed by atoms with Crippen LogP contribution in [0, 0.1) is 6.92 Å². The minimum absolute atomic E-state index is 0.0346. The summed E-state index contributed by atoms with van der Waals surface area (Å²) in [5.74, 6) is 0.499. The Hall–Kier alpha value is -2.09. The lowest BCUT2D eigenvalue weighted by Crippen LogP contribution is -2.13. The molecule has 0 spiro atoms. The molecule has 2 heterocycles. The first-order valence-electron chi connectivity index (χ1n) is 4.74. The van der Waals surface area contributed by atoms with Crippen molar-refractivity contribution < 1.29 is 8.42 Å². The molecule has 0 atom stereocenters. The molecule has 0 amide bonds. The molecule has 7 nitrogen and oxygen atoms in total. The predicted octanol–water partition coefficient (Wildman–Crippen LogP) is 0.496. The average molecular weight is 253 g/mol. The number of rotatable bonds is 3. The topological polar surface area (TPSA) is 114 Å². The number of nitrogens with one attached hydrogen (secondary N) is 2. The van der Waals surface area contributed by atoms with Crippen LogP contribution < -0.4 is 10.5 Å². The van der Waals surface area contributed by atoms with Gasteiger partial charge < -0.3 is 5.73 Å². The number of nitrogen functional groups attached to an aromatic ring is 1. The van der Waals surface area contributed by atoms with Crippen molar-refractivity contribution in [3.63, 3.8) is 0 Å². The molecule has 0 aliphatic rings. The molecular formula is C9H11N5O2S. The number of nitrogens with zero attached hydrogens (tertiary/aromatic N) is 2. The number of aromatic nitrogens is 3. The number of sulfonamides is 1. The number of aryl methyl sites for hydroxylation is 1. The molecule has 0 saturated heterocycles. The van der Waals surface area contributed by atoms with Crippen molar-refractivity contribution in [1.29, 1.82) is 0 Å². The molecule has 2 rings (SSSR count). The van der Waals surface area contributed by atoms with Crippen LogP contribution in [0.2, 0.25) is 0 Å². The molecule has 90 valence electrons. The van der Waals surface area contributed by atoms with Crippen molar-refractivity contribution in [1.82, 2.24) is 15.2 Å². The third kappa shape index (κ3) is 2.53. The highest BCUT2D eigenvalue weighted by molar-refractivity contribution is 7.92. The maximum Gasteiger partial charge on any atom is 0.264 e. The molecule has 2 aromatic rings. The SMILES string of the molecule is Cc1cc(NS(=O)(=O)c2ccc(N)nc2)n[nH]1. The number of hydrogen-bond acceptors (Lipinski definition) is 5. The highest BCUT2D eigenvalue weighted by Crippen LogP contribution is 2.14. The Labute approximate surface area is 98.1 Å². The van der Waals surface area contributed by atoms with Gasteiger partial charge in [-0.05, 0) is 19.1 Å². The Kier molecular flexibility index (Phi) is 2.72. The predicted molar refractivity (Wildman–Crippen MR) is 62.8 cm³/mol. The van der Waals surface area contributed by atoms with Gasteiger partial charge in [-0.25, -0.2) is 13.4 Å². The van der Waals surface area contributed by atoms with E-state index < -0.39 is 10.0 Å². The van der Waals surface area contributed by atoms with E-state index in [2.05, 4.69) is 19.9 Å². The summed E-state index contributed by atoms with van der Waals surface area (Å²) in [4.78, 5) is 3.76. The summed E-state index contributed by atoms with van der Waals surface area (Å²) in [6.45, 7) is 1.77. The van der Waals surface area contributed by atoms with Crippen molar-refractivity contribution in [2.75, 3.05) is 10.5 Å². The summed E-state index contributed by atoms with van der Waals surface area (Å²) in [6, 6.07) is 4.39. The van der Waals surface area contributed by atoms with Gasteiger partial charge in [-0.3, -0.25) is 9.82 Å². The van der Waals surface area contributed by atoms with E-state index in [9.17, 15) is 8.42 Å². The molecule has 0 aliphatic heterocycles. The van der Waals surface area contributed by atoms with Gasteiger partial charge in [-0.2, -0.15) is 5.10 Å². The fourth-order valence-corrected chi connectivity index (χ4v) is 2.15. The van der Waals surface area contributed by atoms with Gasteiger partial charge in [0.2, 0.25) is 0 Å². The van der Waals surface area contributed by atoms with Gasteiger partial charge in [0.25, 0.3) is 10.0 Å². The van der Waals surface area contributed by atoms with Gasteiger partial charge in [-0.1, -0.05) is 0 Å². The minimum Gasteiger partial charge on any atom is -0.384 e. The standard InChI is InChI=1S/C9H11N5O2S/c1-6-4-9(13-12-6)14-17(15,16)7-2-3-8(10)11-5-7/h2-5H,1H3,(H2,10,11)(H2,12,13,14). The number of anilines is 2. The fourth-order valence-electron chi connectivity index (χ4n) is 1.22. The van der Waals surface area contributed by atoms with E-state index in [1.807, 2.05) is 0 Å². The summed E-state index contributed by atoms with van der Waals surface area (Å²) in [5.41, 5.74) is 6.14. The maximum absolute atomic E-state index is 11.9. The molecule has 0 aromatic carbocycles. The van der Waals surface area contributed by atoms with E-state index in [4.69, 9.17) is 5.73 Å². The molecule has 0 radical (unpaired) electrons. The smallest absolute Gasteiger partial charge is 0.264 e. The van der Waals surface area contributed by atoms with E-state index in [1.54, 1.807) is 13.0 Å². The van der Waals surface area contributed by atoms with Crippen molar-refractivity contribution in [2.24, 2.45) is 0 Å². The Balaban J connectivity index is 2.28. The van der Waals surface area contributed by atoms with Crippen LogP contribution in [0.5, 0.6) is 0 Å². The summed E-state index contributed by atoms with van der Waals surface area (Å²) in [7, 11) is -3.67. The van der Waals surface area contributed by atoms with Crippen LogP contribution in [-0.2, 0) is 10.0 Å². The Morgan fingerprint density at radius 2 is 2.18 bits per heavy atom. The Bertz CT molecular complexity index is 617. The fraction of sp³-hybridized carbons (Fsp3) is 0.111. The van der Waals surface area contributed by atoms with Crippen LogP contribution >= 0.6 is 0 Å². The molecule has 0 bridgehead atoms. The number of pyridine rings is 1. The molecule has 2 aromatic heterocycles. The van der Waals surface area contributed by atoms with E-state index in [1.165, 1.54) is 18.3 Å². The summed E-state index contributed by atoms with van der Waals surface area (Å²) >= 11 is 0. The second-order valence-electron chi connectivity index (χ2n) is 3.46. The Morgan fingerprint density at radius 3 is 2.71 bits per heavy atom. The molecule has 0 aliphatic carbocycles. The lowest BCUT2D eigenvalue weighted by Gasteiger charge is -2.04. The molecule has 8 heteroatoms. The third-order valence-electron chi connectivity index (χ3n) is 2.01. The van der Waals surface area contributed by atoms with E-state index in [0.717, 1.165) is 5.69 Å². The first-order chi connectivity index (χ1) is 7.97. The molecular weight excluding hydrogens is 242 g/mol. The lowest BCUT2D eigenvalue weighted by atomic mass is 10.5. The quantitative estimate of drug-likeness (QED) is 0.736. The largest absolute Gasteiger partial charge is 0.384 e. The van der Waals surface area contributed by atoms with Crippen LogP contribution in [0.4, 0.5) is 11.6 Å². The molecule has 17 heavy (non-hydrogen) atoms. The Morgan fingerprint density at radius 1 is 1.41 bits per heavy atom. The van der Waals surface area contributed by atoms with Gasteiger partial charge >= 0.3 is 0 Å². The van der Waals surface area contributed by atoms with Crippen LogP contribution in [-0.4, -0.2) is 23.6 Å². The molecule has 0 fully saturated rings. The van der Waals surface area contributed by atoms with Gasteiger partial charge in [0.05, 0.1) is 0 Å². The van der Waals surface area contributed by atoms with Gasteiger partial charge in [0.1, 0.15) is 10.7 Å².